The van der Waals surface area contributed by atoms with Crippen LogP contribution in [-0.2, 0) is 6.54 Å². The number of amidine groups is 1. The quantitative estimate of drug-likeness (QED) is 0.483. The van der Waals surface area contributed by atoms with Crippen molar-refractivity contribution in [3.63, 3.8) is 0 Å². The standard InChI is InChI=1S/C22H16N6/c1-2-8-15-14(7-1)13-28(22-25-18-11-5-6-12-19(18)26-22)20(15)27-21-23-16-9-3-4-10-17(16)24-21/h1-12H,13H2,(H,23,24)(H,25,26)/b27-20+. The molecule has 0 unspecified atom stereocenters. The van der Waals surface area contributed by atoms with Crippen LogP contribution in [0.15, 0.2) is 77.8 Å². The van der Waals surface area contributed by atoms with Gasteiger partial charge in [-0.2, -0.15) is 4.99 Å². The summed E-state index contributed by atoms with van der Waals surface area (Å²) in [7, 11) is 0. The molecule has 1 aliphatic heterocycles. The number of fused-ring (bicyclic) bond motifs is 3. The van der Waals surface area contributed by atoms with Gasteiger partial charge in [0, 0.05) is 5.56 Å². The summed E-state index contributed by atoms with van der Waals surface area (Å²) < 4.78 is 0. The van der Waals surface area contributed by atoms with E-state index in [-0.39, 0.29) is 0 Å². The number of H-pyrrole nitrogens is 2. The Morgan fingerprint density at radius 1 is 0.750 bits per heavy atom. The number of para-hydroxylation sites is 4. The molecule has 134 valence electrons. The van der Waals surface area contributed by atoms with E-state index >= 15 is 0 Å². The second-order valence-corrected chi connectivity index (χ2v) is 6.83. The number of hydrogen-bond acceptors (Lipinski definition) is 3. The summed E-state index contributed by atoms with van der Waals surface area (Å²) in [5.41, 5.74) is 6.15. The largest absolute Gasteiger partial charge is 0.324 e. The van der Waals surface area contributed by atoms with E-state index in [1.807, 2.05) is 54.6 Å². The first kappa shape index (κ1) is 15.2. The van der Waals surface area contributed by atoms with Gasteiger partial charge in [0.1, 0.15) is 5.84 Å². The predicted octanol–water partition coefficient (Wildman–Crippen LogP) is 4.54. The average Bonchev–Trinajstić information content (AvgIpc) is 3.42. The normalized spacial score (nSPS) is 15.0. The van der Waals surface area contributed by atoms with E-state index in [2.05, 4.69) is 38.1 Å². The first-order valence-electron chi connectivity index (χ1n) is 9.19. The summed E-state index contributed by atoms with van der Waals surface area (Å²) in [6.07, 6.45) is 0. The van der Waals surface area contributed by atoms with Crippen LogP contribution in [-0.4, -0.2) is 25.8 Å². The van der Waals surface area contributed by atoms with Crippen LogP contribution < -0.4 is 4.90 Å². The van der Waals surface area contributed by atoms with Crippen molar-refractivity contribution in [2.45, 2.75) is 6.54 Å². The van der Waals surface area contributed by atoms with Crippen molar-refractivity contribution < 1.29 is 0 Å². The molecule has 2 aromatic heterocycles. The minimum absolute atomic E-state index is 0.592. The van der Waals surface area contributed by atoms with E-state index in [4.69, 9.17) is 9.98 Å². The highest BCUT2D eigenvalue weighted by molar-refractivity contribution is 6.14. The molecule has 6 heteroatoms. The second kappa shape index (κ2) is 5.79. The van der Waals surface area contributed by atoms with Crippen LogP contribution in [0.2, 0.25) is 0 Å². The van der Waals surface area contributed by atoms with Crippen LogP contribution in [0.3, 0.4) is 0 Å². The third-order valence-electron chi connectivity index (χ3n) is 5.06. The molecular weight excluding hydrogens is 348 g/mol. The monoisotopic (exact) mass is 364 g/mol. The zero-order chi connectivity index (χ0) is 18.5. The van der Waals surface area contributed by atoms with Gasteiger partial charge in [0.25, 0.3) is 0 Å². The molecule has 1 aliphatic rings. The molecule has 0 saturated heterocycles. The molecule has 0 radical (unpaired) electrons. The highest BCUT2D eigenvalue weighted by Crippen LogP contribution is 2.30. The molecular formula is C22H16N6. The fourth-order valence-corrected chi connectivity index (χ4v) is 3.72. The van der Waals surface area contributed by atoms with E-state index in [0.29, 0.717) is 5.95 Å². The topological polar surface area (TPSA) is 73.0 Å². The zero-order valence-corrected chi connectivity index (χ0v) is 14.9. The number of benzene rings is 3. The van der Waals surface area contributed by atoms with Crippen LogP contribution in [0, 0.1) is 0 Å². The van der Waals surface area contributed by atoms with Crippen LogP contribution >= 0.6 is 0 Å². The number of hydrogen-bond donors (Lipinski definition) is 2. The maximum absolute atomic E-state index is 4.88. The Balaban J connectivity index is 1.52. The molecule has 3 aromatic carbocycles. The fraction of sp³-hybridized carbons (Fsp3) is 0.0455. The molecule has 5 aromatic rings. The first-order valence-corrected chi connectivity index (χ1v) is 9.19. The number of aromatic nitrogens is 4. The van der Waals surface area contributed by atoms with Crippen molar-refractivity contribution in [3.8, 4) is 0 Å². The van der Waals surface area contributed by atoms with Gasteiger partial charge < -0.3 is 9.97 Å². The van der Waals surface area contributed by atoms with E-state index in [0.717, 1.165) is 46.0 Å². The van der Waals surface area contributed by atoms with Gasteiger partial charge in [-0.25, -0.2) is 9.97 Å². The Labute approximate surface area is 160 Å². The summed E-state index contributed by atoms with van der Waals surface area (Å²) in [6.45, 7) is 0.717. The molecule has 28 heavy (non-hydrogen) atoms. The lowest BCUT2D eigenvalue weighted by Crippen LogP contribution is -2.25. The van der Waals surface area contributed by atoms with E-state index in [1.54, 1.807) is 0 Å². The van der Waals surface area contributed by atoms with Gasteiger partial charge in [-0.3, -0.25) is 4.90 Å². The average molecular weight is 364 g/mol. The van der Waals surface area contributed by atoms with Crippen molar-refractivity contribution in [2.75, 3.05) is 4.90 Å². The van der Waals surface area contributed by atoms with Gasteiger partial charge in [-0.05, 0) is 29.8 Å². The predicted molar refractivity (Wildman–Crippen MR) is 111 cm³/mol. The Morgan fingerprint density at radius 2 is 1.43 bits per heavy atom. The van der Waals surface area contributed by atoms with Crippen molar-refractivity contribution in [1.29, 1.82) is 0 Å². The number of rotatable bonds is 2. The highest BCUT2D eigenvalue weighted by Gasteiger charge is 2.28. The molecule has 0 spiro atoms. The molecule has 0 aliphatic carbocycles. The number of imidazole rings is 2. The number of nitrogens with one attached hydrogen (secondary N) is 2. The molecule has 2 N–H and O–H groups in total. The summed E-state index contributed by atoms with van der Waals surface area (Å²) in [5, 5.41) is 0. The summed E-state index contributed by atoms with van der Waals surface area (Å²) in [6, 6.07) is 24.3. The van der Waals surface area contributed by atoms with Crippen LogP contribution in [0.25, 0.3) is 22.1 Å². The van der Waals surface area contributed by atoms with Gasteiger partial charge in [0.15, 0.2) is 0 Å². The van der Waals surface area contributed by atoms with Crippen molar-refractivity contribution >= 4 is 39.8 Å². The van der Waals surface area contributed by atoms with E-state index in [9.17, 15) is 0 Å². The summed E-state index contributed by atoms with van der Waals surface area (Å²) in [4.78, 5) is 23.1. The van der Waals surface area contributed by atoms with Gasteiger partial charge >= 0.3 is 0 Å². The van der Waals surface area contributed by atoms with Gasteiger partial charge in [0.2, 0.25) is 11.9 Å². The van der Waals surface area contributed by atoms with Crippen molar-refractivity contribution in [1.82, 2.24) is 19.9 Å². The molecule has 0 saturated carbocycles. The minimum atomic E-state index is 0.592. The van der Waals surface area contributed by atoms with Gasteiger partial charge in [-0.15, -0.1) is 0 Å². The maximum atomic E-state index is 4.88. The van der Waals surface area contributed by atoms with E-state index < -0.39 is 0 Å². The minimum Gasteiger partial charge on any atom is -0.324 e. The third kappa shape index (κ3) is 2.31. The lowest BCUT2D eigenvalue weighted by Gasteiger charge is -2.15. The van der Waals surface area contributed by atoms with Crippen LogP contribution in [0.5, 0.6) is 0 Å². The Hall–Kier alpha value is -3.93. The summed E-state index contributed by atoms with van der Waals surface area (Å²) >= 11 is 0. The lowest BCUT2D eigenvalue weighted by atomic mass is 10.1. The number of nitrogens with zero attached hydrogens (tertiary/aromatic N) is 4. The zero-order valence-electron chi connectivity index (χ0n) is 14.9. The SMILES string of the molecule is c1ccc2c(c1)CN(c1nc3ccccc3[nH]1)/C2=N/c1nc2ccccc2[nH]1. The van der Waals surface area contributed by atoms with Crippen LogP contribution in [0.4, 0.5) is 11.9 Å². The number of aromatic amines is 2. The van der Waals surface area contributed by atoms with Gasteiger partial charge in [0.05, 0.1) is 28.6 Å². The van der Waals surface area contributed by atoms with Gasteiger partial charge in [-0.1, -0.05) is 48.5 Å². The molecule has 6 rings (SSSR count). The molecule has 3 heterocycles. The molecule has 0 bridgehead atoms. The van der Waals surface area contributed by atoms with Crippen molar-refractivity contribution in [2.24, 2.45) is 4.99 Å². The first-order chi connectivity index (χ1) is 13.8. The molecule has 6 nitrogen and oxygen atoms in total. The Morgan fingerprint density at radius 3 is 2.21 bits per heavy atom. The molecule has 0 atom stereocenters. The smallest absolute Gasteiger partial charge is 0.229 e. The van der Waals surface area contributed by atoms with E-state index in [1.165, 1.54) is 5.56 Å². The third-order valence-corrected chi connectivity index (χ3v) is 5.06. The van der Waals surface area contributed by atoms with Crippen molar-refractivity contribution in [3.05, 3.63) is 83.9 Å². The second-order valence-electron chi connectivity index (χ2n) is 6.83. The lowest BCUT2D eigenvalue weighted by molar-refractivity contribution is 0.997. The Bertz CT molecular complexity index is 1290. The van der Waals surface area contributed by atoms with Crippen LogP contribution in [0.1, 0.15) is 11.1 Å². The molecule has 0 amide bonds. The molecule has 0 fully saturated rings. The fourth-order valence-electron chi connectivity index (χ4n) is 3.72. The Kier molecular flexibility index (Phi) is 3.13. The summed E-state index contributed by atoms with van der Waals surface area (Å²) in [5.74, 6) is 2.22. The highest BCUT2D eigenvalue weighted by atomic mass is 15.3. The maximum Gasteiger partial charge on any atom is 0.229 e. The number of anilines is 1. The number of aliphatic imine (C=N–C) groups is 1.